The average molecular weight is 180 g/mol. The lowest BCUT2D eigenvalue weighted by atomic mass is 10.1. The van der Waals surface area contributed by atoms with E-state index < -0.39 is 6.10 Å². The molecule has 1 aliphatic heterocycles. The molecule has 0 bridgehead atoms. The number of hydrogen-bond donors (Lipinski definition) is 2. The first-order valence-electron chi connectivity index (χ1n) is 4.37. The Balaban J connectivity index is 2.12. The second-order valence-corrected chi connectivity index (χ2v) is 3.03. The molecule has 0 aliphatic carbocycles. The van der Waals surface area contributed by atoms with Crippen molar-refractivity contribution in [3.8, 4) is 0 Å². The van der Waals surface area contributed by atoms with Crippen molar-refractivity contribution in [2.24, 2.45) is 0 Å². The first-order chi connectivity index (χ1) is 6.38. The lowest BCUT2D eigenvalue weighted by Crippen LogP contribution is -2.09. The van der Waals surface area contributed by atoms with Crippen molar-refractivity contribution in [2.45, 2.75) is 18.9 Å². The van der Waals surface area contributed by atoms with E-state index in [0.717, 1.165) is 18.4 Å². The quantitative estimate of drug-likeness (QED) is 0.717. The zero-order valence-electron chi connectivity index (χ0n) is 7.23. The molecule has 1 aromatic rings. The van der Waals surface area contributed by atoms with E-state index in [0.29, 0.717) is 12.4 Å². The van der Waals surface area contributed by atoms with E-state index in [1.165, 1.54) is 0 Å². The number of allylic oxidation sites excluding steroid dienone is 1. The molecule has 4 heteroatoms. The number of nitrogens with zero attached hydrogens (tertiary/aromatic N) is 1. The third-order valence-electron chi connectivity index (χ3n) is 2.07. The normalized spacial score (nSPS) is 19.0. The van der Waals surface area contributed by atoms with Crippen LogP contribution in [0.3, 0.4) is 0 Å². The predicted octanol–water partition coefficient (Wildman–Crippen LogP) is 1.14. The van der Waals surface area contributed by atoms with Crippen molar-refractivity contribution in [3.05, 3.63) is 29.8 Å². The van der Waals surface area contributed by atoms with Crippen LogP contribution in [-0.2, 0) is 4.74 Å². The maximum Gasteiger partial charge on any atom is 0.139 e. The number of hydrogen-bond acceptors (Lipinski definition) is 3. The van der Waals surface area contributed by atoms with Gasteiger partial charge in [-0.25, -0.2) is 0 Å². The molecule has 1 atom stereocenters. The summed E-state index contributed by atoms with van der Waals surface area (Å²) in [6.45, 7) is 0.695. The molecule has 2 rings (SSSR count). The van der Waals surface area contributed by atoms with Crippen LogP contribution in [0.4, 0.5) is 0 Å². The predicted molar refractivity (Wildman–Crippen MR) is 46.8 cm³/mol. The highest BCUT2D eigenvalue weighted by molar-refractivity contribution is 5.18. The number of ether oxygens (including phenoxy) is 1. The van der Waals surface area contributed by atoms with Gasteiger partial charge in [0.15, 0.2) is 0 Å². The van der Waals surface area contributed by atoms with Gasteiger partial charge in [-0.3, -0.25) is 5.10 Å². The zero-order valence-corrected chi connectivity index (χ0v) is 7.23. The molecular formula is C9H12N2O2. The van der Waals surface area contributed by atoms with E-state index in [2.05, 4.69) is 10.2 Å². The van der Waals surface area contributed by atoms with Gasteiger partial charge in [-0.05, 0) is 18.9 Å². The topological polar surface area (TPSA) is 58.1 Å². The molecule has 0 saturated carbocycles. The third kappa shape index (κ3) is 1.72. The fraction of sp³-hybridized carbons (Fsp3) is 0.444. The molecule has 1 aliphatic rings. The van der Waals surface area contributed by atoms with E-state index in [1.54, 1.807) is 12.4 Å². The van der Waals surface area contributed by atoms with Crippen LogP contribution in [0.25, 0.3) is 0 Å². The van der Waals surface area contributed by atoms with Crippen molar-refractivity contribution < 1.29 is 9.84 Å². The number of aliphatic hydroxyl groups excluding tert-OH is 1. The van der Waals surface area contributed by atoms with Crippen LogP contribution in [0.5, 0.6) is 0 Å². The second-order valence-electron chi connectivity index (χ2n) is 3.03. The van der Waals surface area contributed by atoms with Crippen LogP contribution in [-0.4, -0.2) is 21.9 Å². The fourth-order valence-corrected chi connectivity index (χ4v) is 1.34. The van der Waals surface area contributed by atoms with Gasteiger partial charge in [0.1, 0.15) is 11.9 Å². The van der Waals surface area contributed by atoms with Gasteiger partial charge in [-0.1, -0.05) is 0 Å². The van der Waals surface area contributed by atoms with E-state index in [4.69, 9.17) is 4.74 Å². The fourth-order valence-electron chi connectivity index (χ4n) is 1.34. The number of rotatable bonds is 2. The number of aromatic nitrogens is 2. The summed E-state index contributed by atoms with van der Waals surface area (Å²) in [5, 5.41) is 16.2. The first kappa shape index (κ1) is 8.31. The zero-order chi connectivity index (χ0) is 9.10. The van der Waals surface area contributed by atoms with E-state index in [-0.39, 0.29) is 0 Å². The second kappa shape index (κ2) is 3.62. The van der Waals surface area contributed by atoms with Crippen LogP contribution < -0.4 is 0 Å². The van der Waals surface area contributed by atoms with Gasteiger partial charge in [0, 0.05) is 11.8 Å². The molecule has 2 heterocycles. The molecular weight excluding hydrogens is 168 g/mol. The van der Waals surface area contributed by atoms with E-state index in [1.807, 2.05) is 6.08 Å². The maximum atomic E-state index is 9.78. The monoisotopic (exact) mass is 180 g/mol. The van der Waals surface area contributed by atoms with Crippen LogP contribution in [0.15, 0.2) is 24.2 Å². The highest BCUT2D eigenvalue weighted by Crippen LogP contribution is 2.24. The van der Waals surface area contributed by atoms with Crippen molar-refractivity contribution in [1.29, 1.82) is 0 Å². The molecule has 1 unspecified atom stereocenters. The Kier molecular flexibility index (Phi) is 2.31. The molecule has 0 fully saturated rings. The summed E-state index contributed by atoms with van der Waals surface area (Å²) >= 11 is 0. The highest BCUT2D eigenvalue weighted by atomic mass is 16.5. The minimum atomic E-state index is -0.668. The largest absolute Gasteiger partial charge is 0.495 e. The number of aromatic amines is 1. The van der Waals surface area contributed by atoms with Crippen molar-refractivity contribution >= 4 is 0 Å². The first-order valence-corrected chi connectivity index (χ1v) is 4.37. The van der Waals surface area contributed by atoms with Gasteiger partial charge < -0.3 is 9.84 Å². The van der Waals surface area contributed by atoms with Gasteiger partial charge in [0.25, 0.3) is 0 Å². The Morgan fingerprint density at radius 1 is 1.62 bits per heavy atom. The van der Waals surface area contributed by atoms with Crippen molar-refractivity contribution in [3.63, 3.8) is 0 Å². The van der Waals surface area contributed by atoms with Crippen LogP contribution in [0, 0.1) is 0 Å². The Labute approximate surface area is 76.2 Å². The minimum absolute atomic E-state index is 0.646. The summed E-state index contributed by atoms with van der Waals surface area (Å²) in [7, 11) is 0. The Morgan fingerprint density at radius 3 is 3.15 bits per heavy atom. The molecule has 4 nitrogen and oxygen atoms in total. The van der Waals surface area contributed by atoms with Crippen LogP contribution >= 0.6 is 0 Å². The van der Waals surface area contributed by atoms with Gasteiger partial charge in [-0.15, -0.1) is 0 Å². The SMILES string of the molecule is OC(C1=CCCCO1)c1cn[nH]c1. The summed E-state index contributed by atoms with van der Waals surface area (Å²) in [6, 6.07) is 0. The van der Waals surface area contributed by atoms with Gasteiger partial charge in [-0.2, -0.15) is 5.10 Å². The summed E-state index contributed by atoms with van der Waals surface area (Å²) in [4.78, 5) is 0. The molecule has 0 saturated heterocycles. The molecule has 0 aromatic carbocycles. The molecule has 0 amide bonds. The lowest BCUT2D eigenvalue weighted by molar-refractivity contribution is 0.0918. The molecule has 1 aromatic heterocycles. The molecule has 0 spiro atoms. The molecule has 70 valence electrons. The van der Waals surface area contributed by atoms with Gasteiger partial charge in [0.05, 0.1) is 12.8 Å². The smallest absolute Gasteiger partial charge is 0.139 e. The van der Waals surface area contributed by atoms with Crippen LogP contribution in [0.2, 0.25) is 0 Å². The Hall–Kier alpha value is -1.29. The van der Waals surface area contributed by atoms with Crippen molar-refractivity contribution in [1.82, 2.24) is 10.2 Å². The van der Waals surface area contributed by atoms with Gasteiger partial charge >= 0.3 is 0 Å². The lowest BCUT2D eigenvalue weighted by Gasteiger charge is -2.18. The summed E-state index contributed by atoms with van der Waals surface area (Å²) < 4.78 is 5.33. The molecule has 2 N–H and O–H groups in total. The highest BCUT2D eigenvalue weighted by Gasteiger charge is 2.17. The number of nitrogens with one attached hydrogen (secondary N) is 1. The summed E-state index contributed by atoms with van der Waals surface area (Å²) in [6.07, 6.45) is 6.54. The summed E-state index contributed by atoms with van der Waals surface area (Å²) in [5.74, 6) is 0.646. The summed E-state index contributed by atoms with van der Waals surface area (Å²) in [5.41, 5.74) is 0.744. The van der Waals surface area contributed by atoms with Crippen molar-refractivity contribution in [2.75, 3.05) is 6.61 Å². The Morgan fingerprint density at radius 2 is 2.54 bits per heavy atom. The molecule has 13 heavy (non-hydrogen) atoms. The third-order valence-corrected chi connectivity index (χ3v) is 2.07. The molecule has 0 radical (unpaired) electrons. The Bertz CT molecular complexity index is 293. The van der Waals surface area contributed by atoms with Gasteiger partial charge in [0.2, 0.25) is 0 Å². The minimum Gasteiger partial charge on any atom is -0.495 e. The standard InChI is InChI=1S/C9H12N2O2/c12-9(7-5-10-11-6-7)8-3-1-2-4-13-8/h3,5-6,9,12H,1-2,4H2,(H,10,11). The van der Waals surface area contributed by atoms with E-state index >= 15 is 0 Å². The van der Waals surface area contributed by atoms with E-state index in [9.17, 15) is 5.11 Å². The maximum absolute atomic E-state index is 9.78. The number of H-pyrrole nitrogens is 1. The average Bonchev–Trinajstić information content (AvgIpc) is 2.71. The van der Waals surface area contributed by atoms with Crippen LogP contribution in [0.1, 0.15) is 24.5 Å². The number of aliphatic hydroxyl groups is 1.